The molecule has 0 unspecified atom stereocenters. The Morgan fingerprint density at radius 1 is 0.568 bits per heavy atom. The van der Waals surface area contributed by atoms with Gasteiger partial charge in [0.2, 0.25) is 0 Å². The third kappa shape index (κ3) is 3.89. The molecule has 0 saturated heterocycles. The molecule has 0 amide bonds. The molecule has 5 nitrogen and oxygen atoms in total. The van der Waals surface area contributed by atoms with E-state index in [1.54, 1.807) is 12.4 Å². The van der Waals surface area contributed by atoms with Crippen molar-refractivity contribution >= 4 is 39.1 Å². The highest BCUT2D eigenvalue weighted by molar-refractivity contribution is 5.91. The van der Waals surface area contributed by atoms with Crippen LogP contribution in [-0.2, 0) is 0 Å². The fraction of sp³-hybridized carbons (Fsp3) is 0.125. The van der Waals surface area contributed by atoms with Gasteiger partial charge in [0, 0.05) is 29.3 Å². The van der Waals surface area contributed by atoms with Gasteiger partial charge in [0.25, 0.3) is 0 Å². The molecule has 0 aliphatic carbocycles. The van der Waals surface area contributed by atoms with Gasteiger partial charge in [-0.05, 0) is 85.0 Å². The van der Waals surface area contributed by atoms with Gasteiger partial charge in [-0.1, -0.05) is 48.5 Å². The van der Waals surface area contributed by atoms with Gasteiger partial charge >= 0.3 is 0 Å². The summed E-state index contributed by atoms with van der Waals surface area (Å²) < 4.78 is 0. The van der Waals surface area contributed by atoms with Crippen LogP contribution in [-0.4, -0.2) is 19.9 Å². The zero-order chi connectivity index (χ0) is 25.5. The molecule has 5 heteroatoms. The third-order valence-corrected chi connectivity index (χ3v) is 7.27. The molecule has 6 aromatic rings. The van der Waals surface area contributed by atoms with E-state index >= 15 is 0 Å². The quantitative estimate of drug-likeness (QED) is 0.256. The van der Waals surface area contributed by atoms with Gasteiger partial charge in [-0.15, -0.1) is 0 Å². The van der Waals surface area contributed by atoms with Crippen LogP contribution in [0.1, 0.15) is 22.3 Å². The molecule has 0 atom stereocenters. The molecule has 180 valence electrons. The van der Waals surface area contributed by atoms with Crippen LogP contribution < -0.4 is 4.90 Å². The lowest BCUT2D eigenvalue weighted by Crippen LogP contribution is -2.15. The number of hydrogen-bond donors (Lipinski definition) is 0. The van der Waals surface area contributed by atoms with Crippen molar-refractivity contribution in [3.63, 3.8) is 0 Å². The zero-order valence-electron chi connectivity index (χ0n) is 21.4. The van der Waals surface area contributed by atoms with Crippen molar-refractivity contribution in [2.45, 2.75) is 27.7 Å². The van der Waals surface area contributed by atoms with Gasteiger partial charge in [-0.3, -0.25) is 0 Å². The summed E-state index contributed by atoms with van der Waals surface area (Å²) in [4.78, 5) is 20.4. The molecule has 0 bridgehead atoms. The highest BCUT2D eigenvalue weighted by Gasteiger charge is 2.23. The lowest BCUT2D eigenvalue weighted by Gasteiger charge is -2.31. The van der Waals surface area contributed by atoms with Crippen molar-refractivity contribution in [3.05, 3.63) is 114 Å². The second kappa shape index (κ2) is 9.10. The first kappa shape index (κ1) is 22.8. The Labute approximate surface area is 216 Å². The van der Waals surface area contributed by atoms with E-state index < -0.39 is 0 Å². The van der Waals surface area contributed by atoms with Crippen molar-refractivity contribution in [3.8, 4) is 11.3 Å². The Bertz CT molecular complexity index is 1750. The summed E-state index contributed by atoms with van der Waals surface area (Å²) >= 11 is 0. The minimum atomic E-state index is 0.554. The molecule has 0 radical (unpaired) electrons. The maximum atomic E-state index is 4.82. The van der Waals surface area contributed by atoms with E-state index in [0.29, 0.717) is 11.3 Å². The summed E-state index contributed by atoms with van der Waals surface area (Å²) in [5.41, 5.74) is 11.2. The predicted molar refractivity (Wildman–Crippen MR) is 152 cm³/mol. The van der Waals surface area contributed by atoms with E-state index in [4.69, 9.17) is 4.98 Å². The summed E-state index contributed by atoms with van der Waals surface area (Å²) in [5.74, 6) is 0. The first-order valence-electron chi connectivity index (χ1n) is 12.4. The topological polar surface area (TPSA) is 54.8 Å². The third-order valence-electron chi connectivity index (χ3n) is 7.27. The van der Waals surface area contributed by atoms with E-state index in [1.807, 2.05) is 6.20 Å². The Balaban J connectivity index is 1.59. The van der Waals surface area contributed by atoms with E-state index in [2.05, 4.69) is 120 Å². The molecule has 0 spiro atoms. The van der Waals surface area contributed by atoms with E-state index in [-0.39, 0.29) is 0 Å². The van der Waals surface area contributed by atoms with Crippen molar-refractivity contribution in [2.75, 3.05) is 4.90 Å². The lowest BCUT2D eigenvalue weighted by molar-refractivity contribution is 1.13. The standard InChI is InChI=1S/C32H27N5/c1-20-22(3)30(23(4)21(2)29(20)28-19-35-31-32(36-28)34-17-16-33-31)37(26-12-6-5-7-13-26)27-15-14-24-10-8-9-11-25(24)18-27/h5-19H,1-4H3. The maximum Gasteiger partial charge on any atom is 0.198 e. The minimum absolute atomic E-state index is 0.554. The van der Waals surface area contributed by atoms with E-state index in [9.17, 15) is 0 Å². The summed E-state index contributed by atoms with van der Waals surface area (Å²) in [6, 6.07) is 25.7. The predicted octanol–water partition coefficient (Wildman–Crippen LogP) is 7.94. The second-order valence-corrected chi connectivity index (χ2v) is 9.38. The summed E-state index contributed by atoms with van der Waals surface area (Å²) in [6.07, 6.45) is 5.10. The first-order valence-corrected chi connectivity index (χ1v) is 12.4. The average Bonchev–Trinajstić information content (AvgIpc) is 2.94. The molecule has 2 aromatic heterocycles. The van der Waals surface area contributed by atoms with Gasteiger partial charge in [0.05, 0.1) is 17.6 Å². The maximum absolute atomic E-state index is 4.82. The van der Waals surface area contributed by atoms with Gasteiger partial charge < -0.3 is 4.90 Å². The van der Waals surface area contributed by atoms with Crippen LogP contribution in [0.5, 0.6) is 0 Å². The van der Waals surface area contributed by atoms with E-state index in [1.165, 1.54) is 38.7 Å². The Morgan fingerprint density at radius 2 is 1.22 bits per heavy atom. The lowest BCUT2D eigenvalue weighted by atomic mass is 9.89. The normalized spacial score (nSPS) is 11.2. The van der Waals surface area contributed by atoms with Crippen LogP contribution in [0.4, 0.5) is 17.1 Å². The number of aromatic nitrogens is 4. The molecule has 0 aliphatic rings. The van der Waals surface area contributed by atoms with Gasteiger partial charge in [0.1, 0.15) is 0 Å². The largest absolute Gasteiger partial charge is 0.310 e. The molecule has 6 rings (SSSR count). The number of fused-ring (bicyclic) bond motifs is 2. The molecule has 2 heterocycles. The monoisotopic (exact) mass is 481 g/mol. The van der Waals surface area contributed by atoms with Crippen LogP contribution in [0.2, 0.25) is 0 Å². The molecular weight excluding hydrogens is 454 g/mol. The van der Waals surface area contributed by atoms with Gasteiger partial charge in [-0.2, -0.15) is 0 Å². The minimum Gasteiger partial charge on any atom is -0.310 e. The van der Waals surface area contributed by atoms with Crippen molar-refractivity contribution in [1.29, 1.82) is 0 Å². The van der Waals surface area contributed by atoms with E-state index in [0.717, 1.165) is 22.6 Å². The number of nitrogens with zero attached hydrogens (tertiary/aromatic N) is 5. The van der Waals surface area contributed by atoms with Gasteiger partial charge in [0.15, 0.2) is 11.3 Å². The smallest absolute Gasteiger partial charge is 0.198 e. The molecule has 0 N–H and O–H groups in total. The summed E-state index contributed by atoms with van der Waals surface area (Å²) in [6.45, 7) is 8.75. The Kier molecular flexibility index (Phi) is 5.61. The van der Waals surface area contributed by atoms with Crippen LogP contribution in [0.15, 0.2) is 91.4 Å². The fourth-order valence-electron chi connectivity index (χ4n) is 5.19. The van der Waals surface area contributed by atoms with Crippen LogP contribution in [0.25, 0.3) is 33.3 Å². The SMILES string of the molecule is Cc1c(C)c(N(c2ccccc2)c2ccc3ccccc3c2)c(C)c(C)c1-c1cnc2nccnc2n1. The number of benzene rings is 4. The number of anilines is 3. The number of hydrogen-bond acceptors (Lipinski definition) is 5. The summed E-state index contributed by atoms with van der Waals surface area (Å²) in [7, 11) is 0. The number of para-hydroxylation sites is 1. The fourth-order valence-corrected chi connectivity index (χ4v) is 5.19. The first-order chi connectivity index (χ1) is 18.0. The van der Waals surface area contributed by atoms with Crippen LogP contribution in [0, 0.1) is 27.7 Å². The van der Waals surface area contributed by atoms with Crippen molar-refractivity contribution in [1.82, 2.24) is 19.9 Å². The molecule has 0 saturated carbocycles. The van der Waals surface area contributed by atoms with Crippen LogP contribution >= 0.6 is 0 Å². The van der Waals surface area contributed by atoms with Crippen LogP contribution in [0.3, 0.4) is 0 Å². The Hall–Kier alpha value is -4.64. The van der Waals surface area contributed by atoms with Gasteiger partial charge in [-0.25, -0.2) is 19.9 Å². The van der Waals surface area contributed by atoms with Crippen molar-refractivity contribution < 1.29 is 0 Å². The average molecular weight is 482 g/mol. The molecule has 37 heavy (non-hydrogen) atoms. The van der Waals surface area contributed by atoms with Crippen molar-refractivity contribution in [2.24, 2.45) is 0 Å². The molecule has 4 aromatic carbocycles. The second-order valence-electron chi connectivity index (χ2n) is 9.38. The molecule has 0 fully saturated rings. The number of rotatable bonds is 4. The molecular formula is C32H27N5. The zero-order valence-corrected chi connectivity index (χ0v) is 21.4. The summed E-state index contributed by atoms with van der Waals surface area (Å²) in [5, 5.41) is 2.45. The molecule has 0 aliphatic heterocycles. The highest BCUT2D eigenvalue weighted by atomic mass is 15.1. The highest BCUT2D eigenvalue weighted by Crippen LogP contribution is 2.44. The Morgan fingerprint density at radius 3 is 1.95 bits per heavy atom.